The number of amides is 1. The Morgan fingerprint density at radius 2 is 1.78 bits per heavy atom. The van der Waals surface area contributed by atoms with Crippen molar-refractivity contribution >= 4 is 35.2 Å². The van der Waals surface area contributed by atoms with Gasteiger partial charge in [0.2, 0.25) is 0 Å². The maximum absolute atomic E-state index is 12.7. The van der Waals surface area contributed by atoms with Crippen LogP contribution in [0, 0.1) is 18.3 Å². The highest BCUT2D eigenvalue weighted by atomic mass is 35.5. The van der Waals surface area contributed by atoms with Gasteiger partial charge in [0, 0.05) is 5.69 Å². The Morgan fingerprint density at radius 1 is 1.08 bits per heavy atom. The molecule has 3 aromatic rings. The minimum absolute atomic E-state index is 0.143. The third-order valence-electron chi connectivity index (χ3n) is 5.09. The van der Waals surface area contributed by atoms with Crippen molar-refractivity contribution in [3.8, 4) is 17.6 Å². The van der Waals surface area contributed by atoms with E-state index >= 15 is 0 Å². The summed E-state index contributed by atoms with van der Waals surface area (Å²) < 4.78 is 16.3. The Hall–Kier alpha value is -4.28. The van der Waals surface area contributed by atoms with E-state index in [4.69, 9.17) is 25.8 Å². The number of nitrogens with zero attached hydrogens (tertiary/aromatic N) is 1. The predicted octanol–water partition coefficient (Wildman–Crippen LogP) is 5.96. The molecule has 0 atom stereocenters. The second-order valence-electron chi connectivity index (χ2n) is 7.73. The minimum atomic E-state index is -0.615. The number of aryl methyl sites for hydroxylation is 1. The van der Waals surface area contributed by atoms with E-state index in [0.717, 1.165) is 11.1 Å². The van der Waals surface area contributed by atoms with E-state index in [2.05, 4.69) is 5.32 Å². The molecule has 3 aromatic carbocycles. The first kappa shape index (κ1) is 26.3. The van der Waals surface area contributed by atoms with E-state index < -0.39 is 11.9 Å². The van der Waals surface area contributed by atoms with Gasteiger partial charge in [0.05, 0.1) is 24.3 Å². The summed E-state index contributed by atoms with van der Waals surface area (Å²) in [6, 6.07) is 19.2. The SMILES string of the molecule is CCOC(=O)c1ccc(NC(=O)/C(C#N)=C/c2cc(Cl)c(OCc3ccc(C)cc3)c(OC)c2)cc1. The lowest BCUT2D eigenvalue weighted by atomic mass is 10.1. The molecule has 36 heavy (non-hydrogen) atoms. The van der Waals surface area contributed by atoms with Gasteiger partial charge in [-0.05, 0) is 67.4 Å². The zero-order chi connectivity index (χ0) is 26.1. The largest absolute Gasteiger partial charge is 0.493 e. The summed E-state index contributed by atoms with van der Waals surface area (Å²) >= 11 is 6.45. The Balaban J connectivity index is 1.75. The van der Waals surface area contributed by atoms with E-state index in [9.17, 15) is 14.9 Å². The van der Waals surface area contributed by atoms with Crippen LogP contribution in [0.3, 0.4) is 0 Å². The molecule has 0 radical (unpaired) electrons. The average molecular weight is 505 g/mol. The van der Waals surface area contributed by atoms with Gasteiger partial charge >= 0.3 is 5.97 Å². The molecule has 3 rings (SSSR count). The van der Waals surface area contributed by atoms with Crippen molar-refractivity contribution in [1.82, 2.24) is 0 Å². The number of nitriles is 1. The van der Waals surface area contributed by atoms with Crippen LogP contribution in [0.25, 0.3) is 6.08 Å². The highest BCUT2D eigenvalue weighted by Crippen LogP contribution is 2.37. The van der Waals surface area contributed by atoms with Crippen LogP contribution in [0.15, 0.2) is 66.2 Å². The van der Waals surface area contributed by atoms with E-state index in [1.807, 2.05) is 37.3 Å². The number of ether oxygens (including phenoxy) is 3. The summed E-state index contributed by atoms with van der Waals surface area (Å²) in [7, 11) is 1.48. The number of hydrogen-bond donors (Lipinski definition) is 1. The van der Waals surface area contributed by atoms with Crippen molar-refractivity contribution in [3.05, 3.63) is 93.5 Å². The first-order chi connectivity index (χ1) is 17.3. The lowest BCUT2D eigenvalue weighted by molar-refractivity contribution is -0.112. The summed E-state index contributed by atoms with van der Waals surface area (Å²) in [6.07, 6.45) is 1.40. The lowest BCUT2D eigenvalue weighted by Gasteiger charge is -2.14. The maximum Gasteiger partial charge on any atom is 0.338 e. The molecule has 0 unspecified atom stereocenters. The van der Waals surface area contributed by atoms with Crippen LogP contribution in [-0.4, -0.2) is 25.6 Å². The number of nitrogens with one attached hydrogen (secondary N) is 1. The first-order valence-corrected chi connectivity index (χ1v) is 11.5. The summed E-state index contributed by atoms with van der Waals surface area (Å²) in [6.45, 7) is 4.29. The average Bonchev–Trinajstić information content (AvgIpc) is 2.87. The molecule has 8 heteroatoms. The van der Waals surface area contributed by atoms with Crippen molar-refractivity contribution in [3.63, 3.8) is 0 Å². The van der Waals surface area contributed by atoms with Crippen molar-refractivity contribution in [2.75, 3.05) is 19.0 Å². The van der Waals surface area contributed by atoms with Gasteiger partial charge in [0.1, 0.15) is 18.2 Å². The summed E-state index contributed by atoms with van der Waals surface area (Å²) in [5.41, 5.74) is 3.25. The van der Waals surface area contributed by atoms with Gasteiger partial charge in [-0.2, -0.15) is 5.26 Å². The first-order valence-electron chi connectivity index (χ1n) is 11.1. The normalized spacial score (nSPS) is 10.8. The second-order valence-corrected chi connectivity index (χ2v) is 8.14. The second kappa shape index (κ2) is 12.4. The van der Waals surface area contributed by atoms with Gasteiger partial charge in [-0.3, -0.25) is 4.79 Å². The molecule has 0 fully saturated rings. The summed E-state index contributed by atoms with van der Waals surface area (Å²) in [5, 5.41) is 12.5. The number of halogens is 1. The molecule has 1 amide bonds. The zero-order valence-electron chi connectivity index (χ0n) is 20.1. The third-order valence-corrected chi connectivity index (χ3v) is 5.37. The molecule has 0 aliphatic heterocycles. The number of esters is 1. The van der Waals surface area contributed by atoms with E-state index in [1.165, 1.54) is 25.3 Å². The fourth-order valence-corrected chi connectivity index (χ4v) is 3.49. The van der Waals surface area contributed by atoms with Gasteiger partial charge in [-0.25, -0.2) is 4.79 Å². The lowest BCUT2D eigenvalue weighted by Crippen LogP contribution is -2.13. The van der Waals surface area contributed by atoms with Gasteiger partial charge in [0.15, 0.2) is 11.5 Å². The molecule has 0 aromatic heterocycles. The van der Waals surface area contributed by atoms with Gasteiger partial charge in [-0.1, -0.05) is 41.4 Å². The summed E-state index contributed by atoms with van der Waals surface area (Å²) in [5.74, 6) is -0.337. The molecule has 0 saturated carbocycles. The van der Waals surface area contributed by atoms with Crippen LogP contribution in [0.5, 0.6) is 11.5 Å². The molecule has 0 spiro atoms. The topological polar surface area (TPSA) is 97.7 Å². The van der Waals surface area contributed by atoms with Crippen molar-refractivity contribution in [2.24, 2.45) is 0 Å². The van der Waals surface area contributed by atoms with Gasteiger partial charge < -0.3 is 19.5 Å². The molecule has 7 nitrogen and oxygen atoms in total. The highest BCUT2D eigenvalue weighted by Gasteiger charge is 2.15. The van der Waals surface area contributed by atoms with Crippen LogP contribution in [0.2, 0.25) is 5.02 Å². The molecule has 0 aliphatic rings. The highest BCUT2D eigenvalue weighted by molar-refractivity contribution is 6.32. The number of anilines is 1. The fourth-order valence-electron chi connectivity index (χ4n) is 3.22. The number of carbonyl (C=O) groups excluding carboxylic acids is 2. The Bertz CT molecular complexity index is 1310. The molecule has 0 saturated heterocycles. The molecule has 0 bridgehead atoms. The minimum Gasteiger partial charge on any atom is -0.493 e. The van der Waals surface area contributed by atoms with Crippen molar-refractivity contribution in [1.29, 1.82) is 5.26 Å². The molecule has 184 valence electrons. The predicted molar refractivity (Wildman–Crippen MR) is 138 cm³/mol. The monoisotopic (exact) mass is 504 g/mol. The zero-order valence-corrected chi connectivity index (χ0v) is 20.9. The smallest absolute Gasteiger partial charge is 0.338 e. The number of hydrogen-bond acceptors (Lipinski definition) is 6. The summed E-state index contributed by atoms with van der Waals surface area (Å²) in [4.78, 5) is 24.4. The maximum atomic E-state index is 12.7. The fraction of sp³-hybridized carbons (Fsp3) is 0.179. The Morgan fingerprint density at radius 3 is 2.39 bits per heavy atom. The molecule has 0 aliphatic carbocycles. The van der Waals surface area contributed by atoms with Crippen LogP contribution >= 0.6 is 11.6 Å². The molecule has 1 N–H and O–H groups in total. The van der Waals surface area contributed by atoms with Crippen molar-refractivity contribution < 1.29 is 23.8 Å². The van der Waals surface area contributed by atoms with Crippen molar-refractivity contribution in [2.45, 2.75) is 20.5 Å². The molecular weight excluding hydrogens is 480 g/mol. The van der Waals surface area contributed by atoms with Crippen LogP contribution < -0.4 is 14.8 Å². The van der Waals surface area contributed by atoms with Crippen LogP contribution in [-0.2, 0) is 16.1 Å². The number of rotatable bonds is 9. The Kier molecular flexibility index (Phi) is 9.09. The molecule has 0 heterocycles. The number of methoxy groups -OCH3 is 1. The number of carbonyl (C=O) groups is 2. The van der Waals surface area contributed by atoms with E-state index in [0.29, 0.717) is 34.9 Å². The number of benzene rings is 3. The Labute approximate surface area is 214 Å². The van der Waals surface area contributed by atoms with E-state index in [1.54, 1.807) is 31.2 Å². The van der Waals surface area contributed by atoms with Gasteiger partial charge in [0.25, 0.3) is 5.91 Å². The standard InChI is InChI=1S/C28H25ClN2O5/c1-4-35-28(33)21-9-11-23(12-10-21)31-27(32)22(16-30)13-20-14-24(29)26(25(15-20)34-3)36-17-19-7-5-18(2)6-8-19/h5-15H,4,17H2,1-3H3,(H,31,32)/b22-13+. The quantitative estimate of drug-likeness (QED) is 0.219. The molecular formula is C28H25ClN2O5. The van der Waals surface area contributed by atoms with Crippen LogP contribution in [0.4, 0.5) is 5.69 Å². The van der Waals surface area contributed by atoms with Crippen LogP contribution in [0.1, 0.15) is 34.0 Å². The van der Waals surface area contributed by atoms with E-state index in [-0.39, 0.29) is 17.2 Å². The van der Waals surface area contributed by atoms with Gasteiger partial charge in [-0.15, -0.1) is 0 Å². The third kappa shape index (κ3) is 6.87.